The highest BCUT2D eigenvalue weighted by Gasteiger charge is 2.26. The number of methoxy groups -OCH3 is 1. The summed E-state index contributed by atoms with van der Waals surface area (Å²) in [5, 5.41) is 0.611. The third-order valence-electron chi connectivity index (χ3n) is 5.72. The summed E-state index contributed by atoms with van der Waals surface area (Å²) in [7, 11) is 3.62. The maximum absolute atomic E-state index is 12.9. The summed E-state index contributed by atoms with van der Waals surface area (Å²) < 4.78 is 22.6. The zero-order valence-corrected chi connectivity index (χ0v) is 19.7. The summed E-state index contributed by atoms with van der Waals surface area (Å²) in [5.41, 5.74) is 2.72. The molecule has 1 saturated heterocycles. The van der Waals surface area contributed by atoms with Crippen molar-refractivity contribution in [1.82, 2.24) is 4.90 Å². The van der Waals surface area contributed by atoms with Crippen LogP contribution >= 0.6 is 11.6 Å². The number of ether oxygens (including phenoxy) is 4. The molecule has 0 spiro atoms. The molecule has 0 aromatic heterocycles. The van der Waals surface area contributed by atoms with Crippen molar-refractivity contribution in [3.05, 3.63) is 58.6 Å². The van der Waals surface area contributed by atoms with Gasteiger partial charge in [-0.05, 0) is 42.8 Å². The van der Waals surface area contributed by atoms with Crippen LogP contribution in [0.3, 0.4) is 0 Å². The molecular formula is C25H29ClN2O5. The molecule has 2 aromatic carbocycles. The van der Waals surface area contributed by atoms with Gasteiger partial charge in [0.15, 0.2) is 17.8 Å². The average molecular weight is 473 g/mol. The zero-order chi connectivity index (χ0) is 23.2. The Morgan fingerprint density at radius 2 is 2.03 bits per heavy atom. The van der Waals surface area contributed by atoms with E-state index in [1.807, 2.05) is 37.4 Å². The van der Waals surface area contributed by atoms with Crippen LogP contribution in [-0.4, -0.2) is 70.7 Å². The van der Waals surface area contributed by atoms with E-state index in [-0.39, 0.29) is 12.2 Å². The van der Waals surface area contributed by atoms with E-state index in [2.05, 4.69) is 4.90 Å². The second kappa shape index (κ2) is 11.0. The highest BCUT2D eigenvalue weighted by Crippen LogP contribution is 2.39. The Kier molecular flexibility index (Phi) is 7.88. The molecule has 4 rings (SSSR count). The van der Waals surface area contributed by atoms with Gasteiger partial charge in [0.2, 0.25) is 0 Å². The van der Waals surface area contributed by atoms with Gasteiger partial charge in [0.25, 0.3) is 5.91 Å². The van der Waals surface area contributed by atoms with E-state index in [1.165, 1.54) is 0 Å². The van der Waals surface area contributed by atoms with Crippen LogP contribution in [0.25, 0.3) is 6.08 Å². The van der Waals surface area contributed by atoms with E-state index in [0.29, 0.717) is 56.0 Å². The molecule has 2 aliphatic heterocycles. The summed E-state index contributed by atoms with van der Waals surface area (Å²) in [5.74, 6) is 1.19. The van der Waals surface area contributed by atoms with Crippen LogP contribution in [0.15, 0.2) is 42.5 Å². The number of hydrogen-bond acceptors (Lipinski definition) is 6. The second-order valence-electron chi connectivity index (χ2n) is 8.01. The minimum Gasteiger partial charge on any atom is -0.493 e. The molecule has 2 aromatic rings. The number of hydrogen-bond donors (Lipinski definition) is 0. The standard InChI is InChI=1S/C25H29ClN2O5/c1-27(17-25-32-13-14-33-25)11-12-31-23-16-21-19(15-22(23)30-2)9-10-28(21)24(29)8-7-18-5-3-4-6-20(18)26/h3-8,15-16,25H,9-14,17H2,1-2H3/b8-7+. The van der Waals surface area contributed by atoms with Crippen LogP contribution in [0.4, 0.5) is 5.69 Å². The van der Waals surface area contributed by atoms with Crippen molar-refractivity contribution in [1.29, 1.82) is 0 Å². The van der Waals surface area contributed by atoms with Gasteiger partial charge in [-0.15, -0.1) is 0 Å². The summed E-state index contributed by atoms with van der Waals surface area (Å²) in [6.45, 7) is 3.75. The molecule has 0 saturated carbocycles. The molecule has 2 heterocycles. The molecule has 33 heavy (non-hydrogen) atoms. The average Bonchev–Trinajstić information content (AvgIpc) is 3.47. The van der Waals surface area contributed by atoms with Crippen LogP contribution in [0, 0.1) is 0 Å². The molecule has 1 amide bonds. The molecule has 176 valence electrons. The van der Waals surface area contributed by atoms with Crippen molar-refractivity contribution in [2.24, 2.45) is 0 Å². The number of fused-ring (bicyclic) bond motifs is 1. The molecule has 0 aliphatic carbocycles. The normalized spacial score (nSPS) is 16.1. The quantitative estimate of drug-likeness (QED) is 0.519. The number of amides is 1. The Morgan fingerprint density at radius 3 is 2.79 bits per heavy atom. The second-order valence-corrected chi connectivity index (χ2v) is 8.42. The highest BCUT2D eigenvalue weighted by molar-refractivity contribution is 6.32. The number of anilines is 1. The first-order chi connectivity index (χ1) is 16.0. The Bertz CT molecular complexity index is 1010. The fourth-order valence-corrected chi connectivity index (χ4v) is 4.13. The number of rotatable bonds is 9. The van der Waals surface area contributed by atoms with Gasteiger partial charge in [-0.1, -0.05) is 29.8 Å². The van der Waals surface area contributed by atoms with Crippen molar-refractivity contribution < 1.29 is 23.7 Å². The first kappa shape index (κ1) is 23.6. The first-order valence-corrected chi connectivity index (χ1v) is 11.4. The Balaban J connectivity index is 1.41. The van der Waals surface area contributed by atoms with Crippen molar-refractivity contribution in [2.45, 2.75) is 12.7 Å². The van der Waals surface area contributed by atoms with Gasteiger partial charge in [0.05, 0.1) is 26.0 Å². The van der Waals surface area contributed by atoms with E-state index in [9.17, 15) is 4.79 Å². The maximum Gasteiger partial charge on any atom is 0.251 e. The SMILES string of the molecule is COc1cc2c(cc1OCCN(C)CC1OCCO1)N(C(=O)/C=C/c1ccccc1Cl)CC2. The molecule has 1 fully saturated rings. The predicted molar refractivity (Wildman–Crippen MR) is 128 cm³/mol. The topological polar surface area (TPSA) is 60.5 Å². The number of carbonyl (C=O) groups is 1. The lowest BCUT2D eigenvalue weighted by molar-refractivity contribution is -0.114. The molecule has 7 nitrogen and oxygen atoms in total. The third-order valence-corrected chi connectivity index (χ3v) is 6.06. The number of benzene rings is 2. The van der Waals surface area contributed by atoms with Crippen LogP contribution in [-0.2, 0) is 20.7 Å². The minimum atomic E-state index is -0.178. The summed E-state index contributed by atoms with van der Waals surface area (Å²) in [4.78, 5) is 16.8. The van der Waals surface area contributed by atoms with Gasteiger partial charge in [-0.3, -0.25) is 9.69 Å². The van der Waals surface area contributed by atoms with Crippen molar-refractivity contribution in [3.8, 4) is 11.5 Å². The van der Waals surface area contributed by atoms with Gasteiger partial charge < -0.3 is 23.8 Å². The fourth-order valence-electron chi connectivity index (χ4n) is 3.93. The molecular weight excluding hydrogens is 444 g/mol. The number of carbonyl (C=O) groups excluding carboxylic acids is 1. The molecule has 0 N–H and O–H groups in total. The highest BCUT2D eigenvalue weighted by atomic mass is 35.5. The van der Waals surface area contributed by atoms with Gasteiger partial charge in [0.1, 0.15) is 6.61 Å². The van der Waals surface area contributed by atoms with E-state index in [1.54, 1.807) is 30.2 Å². The third kappa shape index (κ3) is 5.86. The molecule has 0 bridgehead atoms. The lowest BCUT2D eigenvalue weighted by Crippen LogP contribution is -2.32. The molecule has 0 atom stereocenters. The zero-order valence-electron chi connectivity index (χ0n) is 19.0. The molecule has 2 aliphatic rings. The lowest BCUT2D eigenvalue weighted by atomic mass is 10.1. The van der Waals surface area contributed by atoms with Crippen LogP contribution in [0.2, 0.25) is 5.02 Å². The van der Waals surface area contributed by atoms with Crippen LogP contribution < -0.4 is 14.4 Å². The number of likely N-dealkylation sites (N-methyl/N-ethyl adjacent to an activating group) is 1. The van der Waals surface area contributed by atoms with E-state index in [4.69, 9.17) is 30.5 Å². The van der Waals surface area contributed by atoms with Crippen molar-refractivity contribution in [3.63, 3.8) is 0 Å². The molecule has 0 unspecified atom stereocenters. The number of halogens is 1. The van der Waals surface area contributed by atoms with Crippen LogP contribution in [0.5, 0.6) is 11.5 Å². The van der Waals surface area contributed by atoms with Gasteiger partial charge in [-0.2, -0.15) is 0 Å². The Hall–Kier alpha value is -2.58. The predicted octanol–water partition coefficient (Wildman–Crippen LogP) is 3.63. The first-order valence-electron chi connectivity index (χ1n) is 11.0. The largest absolute Gasteiger partial charge is 0.493 e. The summed E-state index contributed by atoms with van der Waals surface area (Å²) in [6, 6.07) is 11.3. The Morgan fingerprint density at radius 1 is 1.24 bits per heavy atom. The monoisotopic (exact) mass is 472 g/mol. The summed E-state index contributed by atoms with van der Waals surface area (Å²) >= 11 is 6.20. The molecule has 8 heteroatoms. The van der Waals surface area contributed by atoms with Gasteiger partial charge in [-0.25, -0.2) is 0 Å². The fraction of sp³-hybridized carbons (Fsp3) is 0.400. The van der Waals surface area contributed by atoms with Crippen molar-refractivity contribution in [2.75, 3.05) is 58.5 Å². The maximum atomic E-state index is 12.9. The van der Waals surface area contributed by atoms with E-state index >= 15 is 0 Å². The van der Waals surface area contributed by atoms with Gasteiger partial charge in [0, 0.05) is 36.8 Å². The smallest absolute Gasteiger partial charge is 0.251 e. The van der Waals surface area contributed by atoms with Crippen LogP contribution in [0.1, 0.15) is 11.1 Å². The number of nitrogens with zero attached hydrogens (tertiary/aromatic N) is 2. The minimum absolute atomic E-state index is 0.0962. The summed E-state index contributed by atoms with van der Waals surface area (Å²) in [6.07, 6.45) is 3.89. The van der Waals surface area contributed by atoms with Gasteiger partial charge >= 0.3 is 0 Å². The molecule has 0 radical (unpaired) electrons. The van der Waals surface area contributed by atoms with E-state index in [0.717, 1.165) is 23.2 Å². The van der Waals surface area contributed by atoms with Crippen molar-refractivity contribution >= 4 is 29.3 Å². The van der Waals surface area contributed by atoms with E-state index < -0.39 is 0 Å². The Labute approximate surface area is 199 Å². The lowest BCUT2D eigenvalue weighted by Gasteiger charge is -2.21.